The number of nitriles is 1. The van der Waals surface area contributed by atoms with Crippen LogP contribution in [0.2, 0.25) is 5.02 Å². The molecule has 0 saturated heterocycles. The summed E-state index contributed by atoms with van der Waals surface area (Å²) in [5, 5.41) is 10.9. The average Bonchev–Trinajstić information content (AvgIpc) is 3.09. The lowest BCUT2D eigenvalue weighted by Crippen LogP contribution is -2.42. The van der Waals surface area contributed by atoms with Gasteiger partial charge in [-0.05, 0) is 61.3 Å². The number of benzene rings is 1. The van der Waals surface area contributed by atoms with Gasteiger partial charge < -0.3 is 5.73 Å². The first-order valence-corrected chi connectivity index (χ1v) is 12.9. The Balaban J connectivity index is 2.03. The number of thioether (sulfide) groups is 1. The Labute approximate surface area is 202 Å². The van der Waals surface area contributed by atoms with Gasteiger partial charge in [0, 0.05) is 33.3 Å². The third-order valence-corrected chi connectivity index (χ3v) is 8.76. The zero-order chi connectivity index (χ0) is 23.4. The molecule has 2 aliphatic rings. The van der Waals surface area contributed by atoms with E-state index in [0.29, 0.717) is 34.8 Å². The molecule has 1 aromatic carbocycles. The van der Waals surface area contributed by atoms with E-state index in [2.05, 4.69) is 32.9 Å². The number of carbonyl (C=O) groups is 1. The molecule has 1 aromatic heterocycles. The molecule has 1 atom stereocenters. The number of carbonyl (C=O) groups excluding carboxylic acids is 1. The molecule has 0 spiro atoms. The van der Waals surface area contributed by atoms with Crippen molar-refractivity contribution in [3.05, 3.63) is 68.0 Å². The monoisotopic (exact) mass is 483 g/mol. The van der Waals surface area contributed by atoms with Crippen LogP contribution >= 0.6 is 34.7 Å². The summed E-state index contributed by atoms with van der Waals surface area (Å²) in [6.07, 6.45) is 3.16. The third-order valence-electron chi connectivity index (χ3n) is 6.14. The summed E-state index contributed by atoms with van der Waals surface area (Å²) in [6, 6.07) is 10.2. The van der Waals surface area contributed by atoms with Gasteiger partial charge in [-0.15, -0.1) is 23.1 Å². The topological polar surface area (TPSA) is 70.1 Å². The predicted molar refractivity (Wildman–Crippen MR) is 134 cm³/mol. The van der Waals surface area contributed by atoms with E-state index >= 15 is 0 Å². The van der Waals surface area contributed by atoms with Gasteiger partial charge in [-0.25, -0.2) is 0 Å². The largest absolute Gasteiger partial charge is 0.384 e. The number of halogens is 1. The molecule has 2 heterocycles. The van der Waals surface area contributed by atoms with Crippen LogP contribution < -0.4 is 10.6 Å². The average molecular weight is 484 g/mol. The first-order valence-electron chi connectivity index (χ1n) is 10.4. The lowest BCUT2D eigenvalue weighted by molar-refractivity contribution is -0.118. The van der Waals surface area contributed by atoms with E-state index in [9.17, 15) is 10.1 Å². The van der Waals surface area contributed by atoms with E-state index in [0.717, 1.165) is 31.6 Å². The molecule has 166 valence electrons. The van der Waals surface area contributed by atoms with Crippen LogP contribution in [0.4, 0.5) is 5.69 Å². The van der Waals surface area contributed by atoms with Gasteiger partial charge in [0.1, 0.15) is 5.82 Å². The summed E-state index contributed by atoms with van der Waals surface area (Å²) in [5.41, 5.74) is 11.2. The Bertz CT molecular complexity index is 1230. The van der Waals surface area contributed by atoms with Crippen LogP contribution in [0.15, 0.2) is 51.1 Å². The predicted octanol–water partition coefficient (Wildman–Crippen LogP) is 6.68. The van der Waals surface area contributed by atoms with Gasteiger partial charge in [-0.2, -0.15) is 5.26 Å². The third kappa shape index (κ3) is 3.77. The molecule has 32 heavy (non-hydrogen) atoms. The van der Waals surface area contributed by atoms with Gasteiger partial charge in [0.15, 0.2) is 5.78 Å². The maximum Gasteiger partial charge on any atom is 0.162 e. The fraction of sp³-hybridized carbons (Fsp3) is 0.360. The van der Waals surface area contributed by atoms with Crippen molar-refractivity contribution in [1.29, 1.82) is 5.26 Å². The number of nitrogens with two attached hydrogens (primary N) is 1. The number of anilines is 1. The summed E-state index contributed by atoms with van der Waals surface area (Å²) in [7, 11) is 0. The van der Waals surface area contributed by atoms with Gasteiger partial charge in [0.2, 0.25) is 0 Å². The van der Waals surface area contributed by atoms with Crippen molar-refractivity contribution < 1.29 is 4.79 Å². The smallest absolute Gasteiger partial charge is 0.162 e. The number of aryl methyl sites for hydroxylation is 2. The molecule has 2 aromatic rings. The normalized spacial score (nSPS) is 20.5. The maximum absolute atomic E-state index is 13.6. The van der Waals surface area contributed by atoms with Gasteiger partial charge in [0.05, 0.1) is 21.8 Å². The Morgan fingerprint density at radius 3 is 2.62 bits per heavy atom. The van der Waals surface area contributed by atoms with Crippen LogP contribution in [0.25, 0.3) is 0 Å². The fourth-order valence-corrected chi connectivity index (χ4v) is 6.80. The fourth-order valence-electron chi connectivity index (χ4n) is 4.71. The lowest BCUT2D eigenvalue weighted by atomic mass is 9.69. The molecule has 1 unspecified atom stereocenters. The molecule has 2 N–H and O–H groups in total. The summed E-state index contributed by atoms with van der Waals surface area (Å²) >= 11 is 9.78. The van der Waals surface area contributed by atoms with E-state index in [-0.39, 0.29) is 11.2 Å². The standard InChI is InChI=1S/C25H26ClN3OS2/c1-13-6-7-15(9-18(13)26)29-19-10-25(3,4)11-20(30)22(19)21(17(12-27)23(29)28)16-8-14(2)32-24(16)31-5/h6-9,21H,10-11,28H2,1-5H3. The SMILES string of the molecule is CSc1sc(C)cc1C1C(C#N)=C(N)N(c2ccc(C)c(Cl)c2)C2=C1C(=O)CC(C)(C)C2. The molecule has 7 heteroatoms. The van der Waals surface area contributed by atoms with Crippen molar-refractivity contribution in [3.8, 4) is 6.07 Å². The first-order chi connectivity index (χ1) is 15.1. The molecule has 0 fully saturated rings. The number of thiophene rings is 1. The highest BCUT2D eigenvalue weighted by Crippen LogP contribution is 2.52. The minimum atomic E-state index is -0.442. The van der Waals surface area contributed by atoms with Crippen LogP contribution in [0.3, 0.4) is 0 Å². The van der Waals surface area contributed by atoms with Crippen LogP contribution in [0.1, 0.15) is 48.6 Å². The minimum absolute atomic E-state index is 0.0839. The van der Waals surface area contributed by atoms with Crippen molar-refractivity contribution in [1.82, 2.24) is 0 Å². The van der Waals surface area contributed by atoms with Gasteiger partial charge in [-0.1, -0.05) is 31.5 Å². The molecule has 4 rings (SSSR count). The molecule has 0 bridgehead atoms. The van der Waals surface area contributed by atoms with Gasteiger partial charge in [-0.3, -0.25) is 9.69 Å². The van der Waals surface area contributed by atoms with Crippen molar-refractivity contribution >= 4 is 46.2 Å². The Morgan fingerprint density at radius 1 is 1.28 bits per heavy atom. The second kappa shape index (κ2) is 8.30. The molecular formula is C25H26ClN3OS2. The highest BCUT2D eigenvalue weighted by Gasteiger charge is 2.45. The van der Waals surface area contributed by atoms with Gasteiger partial charge in [0.25, 0.3) is 0 Å². The number of rotatable bonds is 3. The summed E-state index contributed by atoms with van der Waals surface area (Å²) in [6.45, 7) is 8.20. The Kier molecular flexibility index (Phi) is 5.96. The Morgan fingerprint density at radius 2 is 2.00 bits per heavy atom. The molecule has 0 amide bonds. The van der Waals surface area contributed by atoms with E-state index < -0.39 is 5.92 Å². The zero-order valence-corrected chi connectivity index (χ0v) is 21.3. The van der Waals surface area contributed by atoms with E-state index in [1.165, 1.54) is 0 Å². The van der Waals surface area contributed by atoms with E-state index in [1.54, 1.807) is 23.1 Å². The van der Waals surface area contributed by atoms with Crippen LogP contribution in [-0.4, -0.2) is 12.0 Å². The summed E-state index contributed by atoms with van der Waals surface area (Å²) in [4.78, 5) is 16.6. The van der Waals surface area contributed by atoms with Crippen molar-refractivity contribution in [2.45, 2.75) is 50.7 Å². The second-order valence-corrected chi connectivity index (χ2v) is 12.0. The zero-order valence-electron chi connectivity index (χ0n) is 18.9. The first kappa shape index (κ1) is 23.0. The second-order valence-electron chi connectivity index (χ2n) is 9.22. The quantitative estimate of drug-likeness (QED) is 0.493. The maximum atomic E-state index is 13.6. The summed E-state index contributed by atoms with van der Waals surface area (Å²) in [5.74, 6) is 0.0151. The minimum Gasteiger partial charge on any atom is -0.384 e. The highest BCUT2D eigenvalue weighted by atomic mass is 35.5. The molecule has 0 radical (unpaired) electrons. The number of allylic oxidation sites excluding steroid dienone is 3. The van der Waals surface area contributed by atoms with Crippen LogP contribution in [-0.2, 0) is 4.79 Å². The highest BCUT2D eigenvalue weighted by molar-refractivity contribution is 8.00. The van der Waals surface area contributed by atoms with E-state index in [1.807, 2.05) is 36.3 Å². The van der Waals surface area contributed by atoms with Crippen molar-refractivity contribution in [3.63, 3.8) is 0 Å². The number of ketones is 1. The van der Waals surface area contributed by atoms with Crippen molar-refractivity contribution in [2.75, 3.05) is 11.2 Å². The number of Topliss-reactive ketones (excluding diaryl/α,β-unsaturated/α-hetero) is 1. The van der Waals surface area contributed by atoms with Crippen LogP contribution in [0.5, 0.6) is 0 Å². The van der Waals surface area contributed by atoms with Crippen molar-refractivity contribution in [2.24, 2.45) is 11.1 Å². The van der Waals surface area contributed by atoms with E-state index in [4.69, 9.17) is 17.3 Å². The molecular weight excluding hydrogens is 458 g/mol. The van der Waals surface area contributed by atoms with Crippen LogP contribution in [0, 0.1) is 30.6 Å². The lowest BCUT2D eigenvalue weighted by Gasteiger charge is -2.43. The number of hydrogen-bond donors (Lipinski definition) is 1. The van der Waals surface area contributed by atoms with Gasteiger partial charge >= 0.3 is 0 Å². The molecule has 4 nitrogen and oxygen atoms in total. The molecule has 0 saturated carbocycles. The molecule has 1 aliphatic carbocycles. The molecule has 1 aliphatic heterocycles. The Hall–Kier alpha value is -2.20. The summed E-state index contributed by atoms with van der Waals surface area (Å²) < 4.78 is 1.12. The number of nitrogens with zero attached hydrogens (tertiary/aromatic N) is 2. The number of hydrogen-bond acceptors (Lipinski definition) is 6.